The molecule has 0 bridgehead atoms. The maximum absolute atomic E-state index is 11.9. The first-order valence-electron chi connectivity index (χ1n) is 7.09. The molecule has 0 aromatic heterocycles. The minimum atomic E-state index is -0.164. The lowest BCUT2D eigenvalue weighted by Gasteiger charge is -2.08. The second-order valence-electron chi connectivity index (χ2n) is 4.88. The van der Waals surface area contributed by atoms with Gasteiger partial charge in [-0.25, -0.2) is 0 Å². The van der Waals surface area contributed by atoms with Gasteiger partial charge in [-0.1, -0.05) is 62.2 Å². The SMILES string of the molecule is CCCCCCCCNC(=O)c1cc(Cl)c(N)c(Cl)c1. The molecule has 1 rings (SSSR count). The van der Waals surface area contributed by atoms with Crippen molar-refractivity contribution in [3.63, 3.8) is 0 Å². The summed E-state index contributed by atoms with van der Waals surface area (Å²) in [7, 11) is 0. The Kier molecular flexibility index (Phi) is 7.78. The molecular formula is C15H22Cl2N2O. The van der Waals surface area contributed by atoms with Crippen molar-refractivity contribution in [1.82, 2.24) is 5.32 Å². The Balaban J connectivity index is 2.33. The molecule has 1 amide bonds. The van der Waals surface area contributed by atoms with Crippen molar-refractivity contribution >= 4 is 34.8 Å². The van der Waals surface area contributed by atoms with E-state index in [0.717, 1.165) is 12.8 Å². The van der Waals surface area contributed by atoms with Crippen LogP contribution in [0.1, 0.15) is 55.8 Å². The average Bonchev–Trinajstić information content (AvgIpc) is 2.43. The molecule has 0 saturated carbocycles. The van der Waals surface area contributed by atoms with E-state index in [9.17, 15) is 4.79 Å². The first-order valence-corrected chi connectivity index (χ1v) is 7.84. The third-order valence-corrected chi connectivity index (χ3v) is 3.78. The number of hydrogen-bond acceptors (Lipinski definition) is 2. The van der Waals surface area contributed by atoms with E-state index >= 15 is 0 Å². The van der Waals surface area contributed by atoms with Crippen molar-refractivity contribution in [2.75, 3.05) is 12.3 Å². The number of anilines is 1. The molecule has 1 aromatic rings. The predicted octanol–water partition coefficient (Wildman–Crippen LogP) is 4.67. The monoisotopic (exact) mass is 316 g/mol. The zero-order valence-electron chi connectivity index (χ0n) is 11.8. The highest BCUT2D eigenvalue weighted by atomic mass is 35.5. The standard InChI is InChI=1S/C15H22Cl2N2O/c1-2-3-4-5-6-7-8-19-15(20)11-9-12(16)14(18)13(17)10-11/h9-10H,2-8,18H2,1H3,(H,19,20). The molecular weight excluding hydrogens is 295 g/mol. The van der Waals surface area contributed by atoms with Gasteiger partial charge in [0.25, 0.3) is 5.91 Å². The largest absolute Gasteiger partial charge is 0.396 e. The Morgan fingerprint density at radius 3 is 2.25 bits per heavy atom. The number of nitrogens with one attached hydrogen (secondary N) is 1. The van der Waals surface area contributed by atoms with E-state index in [1.807, 2.05) is 0 Å². The fourth-order valence-electron chi connectivity index (χ4n) is 1.92. The van der Waals surface area contributed by atoms with Gasteiger partial charge in [0.15, 0.2) is 0 Å². The van der Waals surface area contributed by atoms with Crippen LogP contribution in [0.5, 0.6) is 0 Å². The van der Waals surface area contributed by atoms with Crippen molar-refractivity contribution in [3.05, 3.63) is 27.7 Å². The van der Waals surface area contributed by atoms with Crippen LogP contribution in [-0.2, 0) is 0 Å². The number of nitrogens with two attached hydrogens (primary N) is 1. The summed E-state index contributed by atoms with van der Waals surface area (Å²) in [6.07, 6.45) is 7.16. The number of rotatable bonds is 8. The van der Waals surface area contributed by atoms with Crippen LogP contribution in [0.2, 0.25) is 10.0 Å². The molecule has 20 heavy (non-hydrogen) atoms. The van der Waals surface area contributed by atoms with E-state index in [-0.39, 0.29) is 5.91 Å². The van der Waals surface area contributed by atoms with E-state index < -0.39 is 0 Å². The number of carbonyl (C=O) groups excluding carboxylic acids is 1. The zero-order valence-corrected chi connectivity index (χ0v) is 13.4. The molecule has 3 nitrogen and oxygen atoms in total. The van der Waals surface area contributed by atoms with Crippen molar-refractivity contribution < 1.29 is 4.79 Å². The lowest BCUT2D eigenvalue weighted by Crippen LogP contribution is -2.24. The molecule has 0 fully saturated rings. The van der Waals surface area contributed by atoms with Crippen LogP contribution in [0.3, 0.4) is 0 Å². The number of carbonyl (C=O) groups is 1. The lowest BCUT2D eigenvalue weighted by atomic mass is 10.1. The van der Waals surface area contributed by atoms with Crippen molar-refractivity contribution in [1.29, 1.82) is 0 Å². The van der Waals surface area contributed by atoms with Crippen molar-refractivity contribution in [3.8, 4) is 0 Å². The third kappa shape index (κ3) is 5.59. The first-order chi connectivity index (χ1) is 9.56. The zero-order chi connectivity index (χ0) is 15.0. The van der Waals surface area contributed by atoms with Crippen molar-refractivity contribution in [2.24, 2.45) is 0 Å². The molecule has 1 aromatic carbocycles. The normalized spacial score (nSPS) is 10.6. The second-order valence-corrected chi connectivity index (χ2v) is 5.69. The Labute approximate surface area is 130 Å². The molecule has 0 spiro atoms. The quantitative estimate of drug-likeness (QED) is 0.541. The summed E-state index contributed by atoms with van der Waals surface area (Å²) in [5, 5.41) is 3.48. The van der Waals surface area contributed by atoms with E-state index in [2.05, 4.69) is 12.2 Å². The summed E-state index contributed by atoms with van der Waals surface area (Å²) in [5.41, 5.74) is 6.39. The maximum Gasteiger partial charge on any atom is 0.251 e. The Bertz CT molecular complexity index is 426. The number of nitrogen functional groups attached to an aromatic ring is 1. The second kappa shape index (κ2) is 9.09. The van der Waals surface area contributed by atoms with Gasteiger partial charge < -0.3 is 11.1 Å². The van der Waals surface area contributed by atoms with Gasteiger partial charge in [0.05, 0.1) is 15.7 Å². The van der Waals surface area contributed by atoms with E-state index in [1.54, 1.807) is 12.1 Å². The summed E-state index contributed by atoms with van der Waals surface area (Å²) < 4.78 is 0. The average molecular weight is 317 g/mol. The van der Waals surface area contributed by atoms with Gasteiger partial charge in [-0.15, -0.1) is 0 Å². The smallest absolute Gasteiger partial charge is 0.251 e. The molecule has 112 valence electrons. The van der Waals surface area contributed by atoms with Gasteiger partial charge in [0, 0.05) is 12.1 Å². The van der Waals surface area contributed by atoms with Crippen LogP contribution in [0, 0.1) is 0 Å². The molecule has 0 heterocycles. The summed E-state index contributed by atoms with van der Waals surface area (Å²) in [4.78, 5) is 11.9. The molecule has 0 aliphatic heterocycles. The number of benzene rings is 1. The highest BCUT2D eigenvalue weighted by molar-refractivity contribution is 6.39. The highest BCUT2D eigenvalue weighted by Gasteiger charge is 2.10. The molecule has 3 N–H and O–H groups in total. The van der Waals surface area contributed by atoms with E-state index in [4.69, 9.17) is 28.9 Å². The van der Waals surface area contributed by atoms with E-state index in [1.165, 1.54) is 25.7 Å². The Morgan fingerprint density at radius 1 is 1.10 bits per heavy atom. The Morgan fingerprint density at radius 2 is 1.65 bits per heavy atom. The molecule has 0 atom stereocenters. The Hall–Kier alpha value is -0.930. The fraction of sp³-hybridized carbons (Fsp3) is 0.533. The van der Waals surface area contributed by atoms with Crippen LogP contribution < -0.4 is 11.1 Å². The van der Waals surface area contributed by atoms with Crippen LogP contribution in [0.15, 0.2) is 12.1 Å². The molecule has 0 radical (unpaired) electrons. The van der Waals surface area contributed by atoms with Gasteiger partial charge in [0.2, 0.25) is 0 Å². The van der Waals surface area contributed by atoms with Gasteiger partial charge in [-0.05, 0) is 18.6 Å². The molecule has 0 aliphatic carbocycles. The number of hydrogen-bond donors (Lipinski definition) is 2. The van der Waals surface area contributed by atoms with Crippen molar-refractivity contribution in [2.45, 2.75) is 45.4 Å². The topological polar surface area (TPSA) is 55.1 Å². The molecule has 5 heteroatoms. The van der Waals surface area contributed by atoms with Crippen LogP contribution in [0.25, 0.3) is 0 Å². The first kappa shape index (κ1) is 17.1. The fourth-order valence-corrected chi connectivity index (χ4v) is 2.41. The minimum absolute atomic E-state index is 0.164. The predicted molar refractivity (Wildman–Crippen MR) is 86.6 cm³/mol. The summed E-state index contributed by atoms with van der Waals surface area (Å²) in [6.45, 7) is 2.87. The number of amides is 1. The van der Waals surface area contributed by atoms with Gasteiger partial charge in [-0.3, -0.25) is 4.79 Å². The number of halogens is 2. The van der Waals surface area contributed by atoms with Gasteiger partial charge >= 0.3 is 0 Å². The van der Waals surface area contributed by atoms with E-state index in [0.29, 0.717) is 27.8 Å². The maximum atomic E-state index is 11.9. The summed E-state index contributed by atoms with van der Waals surface area (Å²) in [5.74, 6) is -0.164. The summed E-state index contributed by atoms with van der Waals surface area (Å²) >= 11 is 11.8. The van der Waals surface area contributed by atoms with Crippen LogP contribution in [0.4, 0.5) is 5.69 Å². The third-order valence-electron chi connectivity index (χ3n) is 3.16. The lowest BCUT2D eigenvalue weighted by molar-refractivity contribution is 0.0953. The molecule has 0 aliphatic rings. The van der Waals surface area contributed by atoms with Gasteiger partial charge in [0.1, 0.15) is 0 Å². The molecule has 0 saturated heterocycles. The van der Waals surface area contributed by atoms with Gasteiger partial charge in [-0.2, -0.15) is 0 Å². The highest BCUT2D eigenvalue weighted by Crippen LogP contribution is 2.28. The van der Waals surface area contributed by atoms with Crippen LogP contribution in [-0.4, -0.2) is 12.5 Å². The number of unbranched alkanes of at least 4 members (excludes halogenated alkanes) is 5. The van der Waals surface area contributed by atoms with Crippen LogP contribution >= 0.6 is 23.2 Å². The summed E-state index contributed by atoms with van der Waals surface area (Å²) in [6, 6.07) is 3.08. The minimum Gasteiger partial charge on any atom is -0.396 e. The molecule has 0 unspecified atom stereocenters.